The molecule has 31 heavy (non-hydrogen) atoms. The van der Waals surface area contributed by atoms with Gasteiger partial charge < -0.3 is 8.83 Å². The summed E-state index contributed by atoms with van der Waals surface area (Å²) in [6, 6.07) is 20.7. The van der Waals surface area contributed by atoms with Gasteiger partial charge in [0.25, 0.3) is 0 Å². The molecule has 144 valence electrons. The Hall–Kier alpha value is -4.38. The summed E-state index contributed by atoms with van der Waals surface area (Å²) in [4.78, 5) is 9.14. The summed E-state index contributed by atoms with van der Waals surface area (Å²) in [5.41, 5.74) is 6.25. The van der Waals surface area contributed by atoms with E-state index in [2.05, 4.69) is 50.8 Å². The van der Waals surface area contributed by atoms with Gasteiger partial charge in [-0.25, -0.2) is 4.98 Å². The number of furan rings is 2. The molecular formula is C26H13N3O2. The van der Waals surface area contributed by atoms with Gasteiger partial charge in [0, 0.05) is 57.0 Å². The number of benzene rings is 3. The molecule has 0 saturated carbocycles. The van der Waals surface area contributed by atoms with Gasteiger partial charge in [0.05, 0.1) is 5.52 Å². The van der Waals surface area contributed by atoms with Crippen molar-refractivity contribution < 1.29 is 8.83 Å². The van der Waals surface area contributed by atoms with Crippen LogP contribution in [-0.4, -0.2) is 14.4 Å². The number of nitrogens with zero attached hydrogens (tertiary/aromatic N) is 3. The van der Waals surface area contributed by atoms with Crippen LogP contribution in [0.4, 0.5) is 0 Å². The van der Waals surface area contributed by atoms with Gasteiger partial charge in [0.15, 0.2) is 5.65 Å². The lowest BCUT2D eigenvalue weighted by Gasteiger charge is -2.07. The zero-order chi connectivity index (χ0) is 20.1. The van der Waals surface area contributed by atoms with Crippen molar-refractivity contribution >= 4 is 71.3 Å². The van der Waals surface area contributed by atoms with Crippen LogP contribution in [0.25, 0.3) is 71.3 Å². The number of hydrogen-bond donors (Lipinski definition) is 0. The van der Waals surface area contributed by atoms with E-state index in [0.717, 1.165) is 71.3 Å². The highest BCUT2D eigenvalue weighted by molar-refractivity contribution is 6.19. The van der Waals surface area contributed by atoms with Crippen molar-refractivity contribution in [2.75, 3.05) is 0 Å². The summed E-state index contributed by atoms with van der Waals surface area (Å²) in [6.45, 7) is 0. The van der Waals surface area contributed by atoms with Gasteiger partial charge in [0.2, 0.25) is 0 Å². The van der Waals surface area contributed by atoms with Crippen molar-refractivity contribution in [1.29, 1.82) is 0 Å². The van der Waals surface area contributed by atoms with E-state index in [1.807, 2.05) is 42.9 Å². The lowest BCUT2D eigenvalue weighted by Crippen LogP contribution is -1.92. The molecule has 0 bridgehead atoms. The van der Waals surface area contributed by atoms with Crippen molar-refractivity contribution in [3.05, 3.63) is 79.3 Å². The van der Waals surface area contributed by atoms with Crippen LogP contribution >= 0.6 is 0 Å². The molecule has 8 aromatic rings. The minimum absolute atomic E-state index is 0.845. The van der Waals surface area contributed by atoms with E-state index >= 15 is 0 Å². The molecule has 0 atom stereocenters. The van der Waals surface area contributed by atoms with E-state index in [1.165, 1.54) is 0 Å². The molecule has 0 aliphatic heterocycles. The quantitative estimate of drug-likeness (QED) is 0.262. The molecule has 5 aromatic heterocycles. The second kappa shape index (κ2) is 5.21. The van der Waals surface area contributed by atoms with Crippen LogP contribution in [0.5, 0.6) is 0 Å². The molecule has 0 amide bonds. The Bertz CT molecular complexity index is 2010. The van der Waals surface area contributed by atoms with E-state index in [0.29, 0.717) is 0 Å². The van der Waals surface area contributed by atoms with Crippen LogP contribution in [0, 0.1) is 0 Å². The Morgan fingerprint density at radius 3 is 2.26 bits per heavy atom. The molecule has 5 heterocycles. The van der Waals surface area contributed by atoms with Crippen LogP contribution in [0.2, 0.25) is 0 Å². The molecule has 5 nitrogen and oxygen atoms in total. The van der Waals surface area contributed by atoms with Gasteiger partial charge in [-0.1, -0.05) is 24.3 Å². The summed E-state index contributed by atoms with van der Waals surface area (Å²) < 4.78 is 14.5. The largest absolute Gasteiger partial charge is 0.456 e. The number of hydrogen-bond acceptors (Lipinski definition) is 4. The normalized spacial score (nSPS) is 12.5. The molecule has 0 unspecified atom stereocenters. The number of fused-ring (bicyclic) bond motifs is 12. The molecule has 0 fully saturated rings. The number of imidazole rings is 1. The number of pyridine rings is 2. The molecular weight excluding hydrogens is 386 g/mol. The average molecular weight is 399 g/mol. The predicted octanol–water partition coefficient (Wildman–Crippen LogP) is 6.83. The predicted molar refractivity (Wildman–Crippen MR) is 123 cm³/mol. The number of aromatic nitrogens is 3. The number of rotatable bonds is 0. The molecule has 3 aromatic carbocycles. The van der Waals surface area contributed by atoms with Crippen molar-refractivity contribution in [3.8, 4) is 0 Å². The van der Waals surface area contributed by atoms with Crippen LogP contribution in [0.3, 0.4) is 0 Å². The topological polar surface area (TPSA) is 56.5 Å². The first-order valence-electron chi connectivity index (χ1n) is 10.2. The molecule has 0 aliphatic rings. The minimum atomic E-state index is 0.845. The Balaban J connectivity index is 1.58. The standard InChI is InChI=1S/C26H13N3O2/c1-2-6-21-14(4-1)18-11-23-19(12-22(18)30-21)17-10-16-15-5-3-7-27-25(15)26-28-8-9-29(26)20(16)13-24(17)31-23/h1-13H. The Kier molecular flexibility index (Phi) is 2.60. The Labute approximate surface area is 174 Å². The van der Waals surface area contributed by atoms with Crippen molar-refractivity contribution in [1.82, 2.24) is 14.4 Å². The second-order valence-electron chi connectivity index (χ2n) is 7.93. The maximum absolute atomic E-state index is 6.33. The maximum atomic E-state index is 6.33. The van der Waals surface area contributed by atoms with Crippen LogP contribution in [0.15, 0.2) is 88.1 Å². The highest BCUT2D eigenvalue weighted by atomic mass is 16.3. The fourth-order valence-electron chi connectivity index (χ4n) is 4.92. The summed E-state index contributed by atoms with van der Waals surface area (Å²) in [6.07, 6.45) is 5.59. The highest BCUT2D eigenvalue weighted by Crippen LogP contribution is 2.39. The first-order valence-corrected chi connectivity index (χ1v) is 10.2. The third kappa shape index (κ3) is 1.86. The van der Waals surface area contributed by atoms with Crippen molar-refractivity contribution in [2.45, 2.75) is 0 Å². The Morgan fingerprint density at radius 2 is 1.32 bits per heavy atom. The fourth-order valence-corrected chi connectivity index (χ4v) is 4.92. The highest BCUT2D eigenvalue weighted by Gasteiger charge is 2.16. The zero-order valence-corrected chi connectivity index (χ0v) is 16.2. The van der Waals surface area contributed by atoms with Gasteiger partial charge >= 0.3 is 0 Å². The van der Waals surface area contributed by atoms with E-state index in [9.17, 15) is 0 Å². The third-order valence-electron chi connectivity index (χ3n) is 6.30. The first kappa shape index (κ1) is 15.5. The molecule has 8 rings (SSSR count). The van der Waals surface area contributed by atoms with Gasteiger partial charge in [-0.3, -0.25) is 9.38 Å². The number of para-hydroxylation sites is 1. The molecule has 0 radical (unpaired) electrons. The van der Waals surface area contributed by atoms with E-state index < -0.39 is 0 Å². The van der Waals surface area contributed by atoms with E-state index in [1.54, 1.807) is 0 Å². The van der Waals surface area contributed by atoms with Gasteiger partial charge in [-0.2, -0.15) is 0 Å². The zero-order valence-electron chi connectivity index (χ0n) is 16.2. The first-order chi connectivity index (χ1) is 15.3. The van der Waals surface area contributed by atoms with E-state index in [4.69, 9.17) is 8.83 Å². The average Bonchev–Trinajstić information content (AvgIpc) is 3.51. The molecule has 0 aliphatic carbocycles. The SMILES string of the molecule is c1ccc2c(c1)oc1cc3c(cc12)oc1cc2c(cc13)c1cccnc1c1nccn21. The minimum Gasteiger partial charge on any atom is -0.456 e. The lowest BCUT2D eigenvalue weighted by molar-refractivity contribution is 0.664. The summed E-state index contributed by atoms with van der Waals surface area (Å²) >= 11 is 0. The molecule has 0 spiro atoms. The van der Waals surface area contributed by atoms with Crippen LogP contribution in [0.1, 0.15) is 0 Å². The maximum Gasteiger partial charge on any atom is 0.163 e. The molecule has 5 heteroatoms. The molecule has 0 N–H and O–H groups in total. The fraction of sp³-hybridized carbons (Fsp3) is 0. The summed E-state index contributed by atoms with van der Waals surface area (Å²) in [5, 5.41) is 6.48. The lowest BCUT2D eigenvalue weighted by atomic mass is 10.0. The Morgan fingerprint density at radius 1 is 0.581 bits per heavy atom. The van der Waals surface area contributed by atoms with Gasteiger partial charge in [0.1, 0.15) is 27.8 Å². The van der Waals surface area contributed by atoms with Crippen molar-refractivity contribution in [3.63, 3.8) is 0 Å². The van der Waals surface area contributed by atoms with Crippen LogP contribution < -0.4 is 0 Å². The molecule has 0 saturated heterocycles. The van der Waals surface area contributed by atoms with Crippen LogP contribution in [-0.2, 0) is 0 Å². The summed E-state index contributed by atoms with van der Waals surface area (Å²) in [7, 11) is 0. The smallest absolute Gasteiger partial charge is 0.163 e. The second-order valence-corrected chi connectivity index (χ2v) is 7.93. The third-order valence-corrected chi connectivity index (χ3v) is 6.30. The van der Waals surface area contributed by atoms with E-state index in [-0.39, 0.29) is 0 Å². The van der Waals surface area contributed by atoms with Gasteiger partial charge in [-0.05, 0) is 30.3 Å². The monoisotopic (exact) mass is 399 g/mol. The van der Waals surface area contributed by atoms with Gasteiger partial charge in [-0.15, -0.1) is 0 Å². The summed E-state index contributed by atoms with van der Waals surface area (Å²) in [5.74, 6) is 0. The van der Waals surface area contributed by atoms with Crippen molar-refractivity contribution in [2.24, 2.45) is 0 Å².